The first kappa shape index (κ1) is 21.8. The Kier molecular flexibility index (Phi) is 7.16. The Balaban J connectivity index is 1.56. The predicted molar refractivity (Wildman–Crippen MR) is 117 cm³/mol. The maximum atomic E-state index is 12.5. The van der Waals surface area contributed by atoms with Crippen molar-refractivity contribution >= 4 is 23.5 Å². The zero-order chi connectivity index (χ0) is 22.2. The van der Waals surface area contributed by atoms with Gasteiger partial charge in [-0.15, -0.1) is 0 Å². The van der Waals surface area contributed by atoms with E-state index < -0.39 is 18.5 Å². The Bertz CT molecular complexity index is 1060. The highest BCUT2D eigenvalue weighted by molar-refractivity contribution is 5.98. The number of nitrogens with one attached hydrogen (secondary N) is 2. The molecular formula is C23H24N4O4. The molecule has 8 heteroatoms. The van der Waals surface area contributed by atoms with E-state index >= 15 is 0 Å². The van der Waals surface area contributed by atoms with Gasteiger partial charge in [0.1, 0.15) is 5.69 Å². The van der Waals surface area contributed by atoms with Crippen molar-refractivity contribution in [2.45, 2.75) is 13.8 Å². The molecule has 0 aliphatic heterocycles. The van der Waals surface area contributed by atoms with Gasteiger partial charge in [0.25, 0.3) is 11.8 Å². The molecule has 0 saturated carbocycles. The maximum Gasteiger partial charge on any atom is 0.356 e. The van der Waals surface area contributed by atoms with Crippen LogP contribution in [0.4, 0.5) is 5.69 Å². The summed E-state index contributed by atoms with van der Waals surface area (Å²) in [5, 5.41) is 9.35. The van der Waals surface area contributed by atoms with Crippen LogP contribution in [0, 0.1) is 0 Å². The van der Waals surface area contributed by atoms with E-state index in [9.17, 15) is 14.4 Å². The summed E-state index contributed by atoms with van der Waals surface area (Å²) in [4.78, 5) is 38.5. The van der Waals surface area contributed by atoms with Crippen molar-refractivity contribution in [3.8, 4) is 11.3 Å². The number of esters is 1. The van der Waals surface area contributed by atoms with Crippen molar-refractivity contribution in [2.75, 3.05) is 25.0 Å². The smallest absolute Gasteiger partial charge is 0.356 e. The molecule has 1 heterocycles. The van der Waals surface area contributed by atoms with Crippen molar-refractivity contribution < 1.29 is 19.1 Å². The van der Waals surface area contributed by atoms with Gasteiger partial charge in [-0.1, -0.05) is 36.4 Å². The molecule has 8 nitrogen and oxygen atoms in total. The zero-order valence-corrected chi connectivity index (χ0v) is 17.4. The molecule has 0 saturated heterocycles. The lowest BCUT2D eigenvalue weighted by atomic mass is 10.1. The summed E-state index contributed by atoms with van der Waals surface area (Å²) in [6, 6.07) is 17.6. The molecular weight excluding hydrogens is 396 g/mol. The first-order chi connectivity index (χ1) is 15.0. The first-order valence-corrected chi connectivity index (χ1v) is 9.99. The van der Waals surface area contributed by atoms with E-state index in [-0.39, 0.29) is 11.6 Å². The number of anilines is 1. The van der Waals surface area contributed by atoms with E-state index in [1.165, 1.54) is 0 Å². The van der Waals surface area contributed by atoms with Crippen LogP contribution in [-0.2, 0) is 9.53 Å². The third-order valence-corrected chi connectivity index (χ3v) is 4.65. The van der Waals surface area contributed by atoms with Gasteiger partial charge in [0.15, 0.2) is 6.61 Å². The molecule has 3 aromatic rings. The number of rotatable bonds is 8. The molecule has 0 aliphatic rings. The van der Waals surface area contributed by atoms with Gasteiger partial charge >= 0.3 is 5.97 Å². The minimum absolute atomic E-state index is 0.110. The van der Waals surface area contributed by atoms with Gasteiger partial charge in [-0.2, -0.15) is 5.10 Å². The molecule has 0 spiro atoms. The summed E-state index contributed by atoms with van der Waals surface area (Å²) in [5.41, 5.74) is 2.54. The molecule has 0 bridgehead atoms. The second-order valence-corrected chi connectivity index (χ2v) is 6.72. The predicted octanol–water partition coefficient (Wildman–Crippen LogP) is 3.35. The van der Waals surface area contributed by atoms with Crippen molar-refractivity contribution in [1.29, 1.82) is 0 Å². The number of carbonyl (C=O) groups is 3. The number of nitrogens with zero attached hydrogens (tertiary/aromatic N) is 2. The van der Waals surface area contributed by atoms with Crippen molar-refractivity contribution in [2.24, 2.45) is 0 Å². The van der Waals surface area contributed by atoms with Crippen LogP contribution in [0.1, 0.15) is 34.7 Å². The van der Waals surface area contributed by atoms with Gasteiger partial charge < -0.3 is 15.0 Å². The van der Waals surface area contributed by atoms with Gasteiger partial charge in [0, 0.05) is 29.9 Å². The van der Waals surface area contributed by atoms with Crippen LogP contribution < -0.4 is 5.32 Å². The molecule has 0 atom stereocenters. The van der Waals surface area contributed by atoms with E-state index in [2.05, 4.69) is 15.5 Å². The fraction of sp³-hybridized carbons (Fsp3) is 0.217. The number of hydrogen-bond donors (Lipinski definition) is 2. The van der Waals surface area contributed by atoms with Crippen LogP contribution in [-0.4, -0.2) is 52.6 Å². The molecule has 2 aromatic carbocycles. The fourth-order valence-corrected chi connectivity index (χ4v) is 3.01. The molecule has 0 radical (unpaired) electrons. The van der Waals surface area contributed by atoms with Crippen molar-refractivity contribution in [1.82, 2.24) is 15.1 Å². The number of aromatic amines is 1. The van der Waals surface area contributed by atoms with E-state index in [0.29, 0.717) is 30.0 Å². The number of H-pyrrole nitrogens is 1. The van der Waals surface area contributed by atoms with Crippen LogP contribution in [0.15, 0.2) is 60.7 Å². The third kappa shape index (κ3) is 5.57. The van der Waals surface area contributed by atoms with Crippen LogP contribution in [0.5, 0.6) is 0 Å². The molecule has 2 N–H and O–H groups in total. The quantitative estimate of drug-likeness (QED) is 0.544. The average molecular weight is 420 g/mol. The standard InChI is InChI=1S/C23H24N4O4/c1-3-27(4-2)22(29)17-11-8-12-18(13-17)24-21(28)15-31-23(30)20-14-19(25-26-20)16-9-6-5-7-10-16/h5-14H,3-4,15H2,1-2H3,(H,24,28)(H,25,26). The summed E-state index contributed by atoms with van der Waals surface area (Å²) in [5.74, 6) is -1.31. The number of carbonyl (C=O) groups excluding carboxylic acids is 3. The molecule has 1 aromatic heterocycles. The van der Waals surface area contributed by atoms with E-state index in [1.807, 2.05) is 44.2 Å². The van der Waals surface area contributed by atoms with E-state index in [0.717, 1.165) is 5.56 Å². The minimum Gasteiger partial charge on any atom is -0.451 e. The first-order valence-electron chi connectivity index (χ1n) is 9.99. The van der Waals surface area contributed by atoms with Gasteiger partial charge in [-0.3, -0.25) is 14.7 Å². The van der Waals surface area contributed by atoms with Gasteiger partial charge in [0.05, 0.1) is 5.69 Å². The molecule has 31 heavy (non-hydrogen) atoms. The number of amides is 2. The van der Waals surface area contributed by atoms with Crippen LogP contribution in [0.2, 0.25) is 0 Å². The highest BCUT2D eigenvalue weighted by Crippen LogP contribution is 2.17. The molecule has 160 valence electrons. The Hall–Kier alpha value is -3.94. The summed E-state index contributed by atoms with van der Waals surface area (Å²) < 4.78 is 5.06. The number of aromatic nitrogens is 2. The highest BCUT2D eigenvalue weighted by atomic mass is 16.5. The molecule has 0 aliphatic carbocycles. The summed E-state index contributed by atoms with van der Waals surface area (Å²) in [6.07, 6.45) is 0. The second kappa shape index (κ2) is 10.2. The molecule has 2 amide bonds. The maximum absolute atomic E-state index is 12.5. The van der Waals surface area contributed by atoms with Crippen LogP contribution in [0.3, 0.4) is 0 Å². The lowest BCUT2D eigenvalue weighted by molar-refractivity contribution is -0.119. The van der Waals surface area contributed by atoms with Crippen LogP contribution >= 0.6 is 0 Å². The van der Waals surface area contributed by atoms with Crippen molar-refractivity contribution in [3.05, 3.63) is 71.9 Å². The van der Waals surface area contributed by atoms with Gasteiger partial charge in [-0.05, 0) is 38.1 Å². The zero-order valence-electron chi connectivity index (χ0n) is 17.4. The van der Waals surface area contributed by atoms with Crippen LogP contribution in [0.25, 0.3) is 11.3 Å². The van der Waals surface area contributed by atoms with E-state index in [1.54, 1.807) is 35.2 Å². The molecule has 3 rings (SSSR count). The highest BCUT2D eigenvalue weighted by Gasteiger charge is 2.16. The second-order valence-electron chi connectivity index (χ2n) is 6.72. The monoisotopic (exact) mass is 420 g/mol. The minimum atomic E-state index is -0.685. The van der Waals surface area contributed by atoms with Crippen molar-refractivity contribution in [3.63, 3.8) is 0 Å². The Morgan fingerprint density at radius 2 is 1.74 bits per heavy atom. The summed E-state index contributed by atoms with van der Waals surface area (Å²) >= 11 is 0. The normalized spacial score (nSPS) is 10.4. The summed E-state index contributed by atoms with van der Waals surface area (Å²) in [6.45, 7) is 4.55. The molecule has 0 unspecified atom stereocenters. The molecule has 0 fully saturated rings. The van der Waals surface area contributed by atoms with E-state index in [4.69, 9.17) is 4.74 Å². The fourth-order valence-electron chi connectivity index (χ4n) is 3.01. The third-order valence-electron chi connectivity index (χ3n) is 4.65. The lowest BCUT2D eigenvalue weighted by Gasteiger charge is -2.19. The number of benzene rings is 2. The number of ether oxygens (including phenoxy) is 1. The summed E-state index contributed by atoms with van der Waals surface area (Å²) in [7, 11) is 0. The average Bonchev–Trinajstić information content (AvgIpc) is 3.29. The largest absolute Gasteiger partial charge is 0.451 e. The van der Waals surface area contributed by atoms with Gasteiger partial charge in [0.2, 0.25) is 0 Å². The lowest BCUT2D eigenvalue weighted by Crippen LogP contribution is -2.30. The topological polar surface area (TPSA) is 104 Å². The Labute approximate surface area is 180 Å². The number of hydrogen-bond acceptors (Lipinski definition) is 5. The van der Waals surface area contributed by atoms with Gasteiger partial charge in [-0.25, -0.2) is 4.79 Å². The SMILES string of the molecule is CCN(CC)C(=O)c1cccc(NC(=O)COC(=O)c2cc(-c3ccccc3)n[nH]2)c1. The Morgan fingerprint density at radius 1 is 1.00 bits per heavy atom. The Morgan fingerprint density at radius 3 is 2.45 bits per heavy atom.